The molecule has 128 valence electrons. The van der Waals surface area contributed by atoms with Gasteiger partial charge in [0.15, 0.2) is 5.76 Å². The van der Waals surface area contributed by atoms with Crippen LogP contribution >= 0.6 is 11.6 Å². The normalized spacial score (nSPS) is 14.2. The zero-order valence-corrected chi connectivity index (χ0v) is 14.8. The molecule has 0 saturated carbocycles. The minimum Gasteiger partial charge on any atom is -0.451 e. The van der Waals surface area contributed by atoms with E-state index >= 15 is 0 Å². The Bertz CT molecular complexity index is 942. The maximum atomic E-state index is 12.8. The Kier molecular flexibility index (Phi) is 4.14. The van der Waals surface area contributed by atoms with Crippen molar-refractivity contribution in [1.82, 2.24) is 0 Å². The lowest BCUT2D eigenvalue weighted by Crippen LogP contribution is -2.21. The molecule has 3 aromatic rings. The highest BCUT2D eigenvalue weighted by Crippen LogP contribution is 2.31. The lowest BCUT2D eigenvalue weighted by Gasteiger charge is -2.21. The molecule has 4 rings (SSSR count). The van der Waals surface area contributed by atoms with Crippen molar-refractivity contribution in [2.45, 2.75) is 19.8 Å². The summed E-state index contributed by atoms with van der Waals surface area (Å²) in [5.41, 5.74) is 3.34. The number of fused-ring (bicyclic) bond motifs is 1. The van der Waals surface area contributed by atoms with Crippen LogP contribution in [-0.4, -0.2) is 19.0 Å². The molecule has 1 amide bonds. The lowest BCUT2D eigenvalue weighted by atomic mass is 10.1. The number of hydrogen-bond acceptors (Lipinski definition) is 3. The van der Waals surface area contributed by atoms with Gasteiger partial charge in [-0.15, -0.1) is 0 Å². The molecule has 1 N–H and O–H groups in total. The van der Waals surface area contributed by atoms with Crippen molar-refractivity contribution in [3.63, 3.8) is 0 Å². The molecule has 1 saturated heterocycles. The van der Waals surface area contributed by atoms with Gasteiger partial charge in [-0.1, -0.05) is 23.7 Å². The van der Waals surface area contributed by atoms with Crippen molar-refractivity contribution in [2.75, 3.05) is 23.3 Å². The largest absolute Gasteiger partial charge is 0.451 e. The summed E-state index contributed by atoms with van der Waals surface area (Å²) < 4.78 is 5.77. The number of aryl methyl sites for hydroxylation is 1. The average Bonchev–Trinajstić information content (AvgIpc) is 3.24. The molecule has 2 heterocycles. The quantitative estimate of drug-likeness (QED) is 0.699. The summed E-state index contributed by atoms with van der Waals surface area (Å²) in [5.74, 6) is 0.0879. The summed E-state index contributed by atoms with van der Waals surface area (Å²) in [6.45, 7) is 3.92. The second-order valence-electron chi connectivity index (χ2n) is 6.36. The average molecular weight is 355 g/mol. The lowest BCUT2D eigenvalue weighted by molar-refractivity contribution is 0.0998. The third kappa shape index (κ3) is 2.98. The predicted molar refractivity (Wildman–Crippen MR) is 102 cm³/mol. The number of anilines is 2. The molecule has 1 aliphatic heterocycles. The van der Waals surface area contributed by atoms with Crippen LogP contribution in [0.25, 0.3) is 11.0 Å². The summed E-state index contributed by atoms with van der Waals surface area (Å²) in [6, 6.07) is 13.3. The Labute approximate surface area is 151 Å². The van der Waals surface area contributed by atoms with Gasteiger partial charge in [-0.25, -0.2) is 0 Å². The SMILES string of the molecule is Cc1c(C(=O)Nc2ccccc2N2CCCC2)oc2ccc(Cl)cc12. The van der Waals surface area contributed by atoms with Crippen molar-refractivity contribution < 1.29 is 9.21 Å². The number of amides is 1. The number of carbonyl (C=O) groups excluding carboxylic acids is 1. The van der Waals surface area contributed by atoms with E-state index in [1.165, 1.54) is 12.8 Å². The van der Waals surface area contributed by atoms with E-state index in [2.05, 4.69) is 10.2 Å². The highest BCUT2D eigenvalue weighted by atomic mass is 35.5. The van der Waals surface area contributed by atoms with E-state index in [9.17, 15) is 4.79 Å². The monoisotopic (exact) mass is 354 g/mol. The zero-order chi connectivity index (χ0) is 17.4. The zero-order valence-electron chi connectivity index (χ0n) is 14.0. The van der Waals surface area contributed by atoms with Crippen LogP contribution in [0.3, 0.4) is 0 Å². The summed E-state index contributed by atoms with van der Waals surface area (Å²) >= 11 is 6.05. The van der Waals surface area contributed by atoms with Gasteiger partial charge in [-0.3, -0.25) is 4.79 Å². The smallest absolute Gasteiger partial charge is 0.291 e. The van der Waals surface area contributed by atoms with E-state index in [0.717, 1.165) is 35.4 Å². The van der Waals surface area contributed by atoms with E-state index in [1.54, 1.807) is 12.1 Å². The summed E-state index contributed by atoms with van der Waals surface area (Å²) in [7, 11) is 0. The predicted octanol–water partition coefficient (Wildman–Crippen LogP) is 5.25. The molecule has 2 aromatic carbocycles. The first-order chi connectivity index (χ1) is 12.1. The van der Waals surface area contributed by atoms with E-state index in [0.29, 0.717) is 16.4 Å². The number of para-hydroxylation sites is 2. The van der Waals surface area contributed by atoms with E-state index in [4.69, 9.17) is 16.0 Å². The fourth-order valence-corrected chi connectivity index (χ4v) is 3.57. The van der Waals surface area contributed by atoms with Gasteiger partial charge in [0.25, 0.3) is 5.91 Å². The summed E-state index contributed by atoms with van der Waals surface area (Å²) in [4.78, 5) is 15.1. The molecule has 0 aliphatic carbocycles. The van der Waals surface area contributed by atoms with Gasteiger partial charge >= 0.3 is 0 Å². The molecule has 5 heteroatoms. The number of nitrogens with one attached hydrogen (secondary N) is 1. The van der Waals surface area contributed by atoms with Gasteiger partial charge in [0.05, 0.1) is 11.4 Å². The Morgan fingerprint density at radius 1 is 1.16 bits per heavy atom. The number of carbonyl (C=O) groups is 1. The number of rotatable bonds is 3. The van der Waals surface area contributed by atoms with Gasteiger partial charge < -0.3 is 14.6 Å². The van der Waals surface area contributed by atoms with Crippen molar-refractivity contribution >= 4 is 39.9 Å². The number of furan rings is 1. The van der Waals surface area contributed by atoms with Crippen LogP contribution in [0.1, 0.15) is 29.0 Å². The second kappa shape index (κ2) is 6.45. The third-order valence-electron chi connectivity index (χ3n) is 4.70. The minimum atomic E-state index is -0.239. The van der Waals surface area contributed by atoms with Gasteiger partial charge in [-0.05, 0) is 50.1 Å². The Morgan fingerprint density at radius 3 is 2.72 bits per heavy atom. The molecule has 0 unspecified atom stereocenters. The summed E-state index contributed by atoms with van der Waals surface area (Å²) in [6.07, 6.45) is 2.37. The van der Waals surface area contributed by atoms with Gasteiger partial charge in [0.1, 0.15) is 5.58 Å². The highest BCUT2D eigenvalue weighted by molar-refractivity contribution is 6.31. The van der Waals surface area contributed by atoms with Crippen LogP contribution < -0.4 is 10.2 Å². The molecule has 1 aliphatic rings. The minimum absolute atomic E-state index is 0.239. The second-order valence-corrected chi connectivity index (χ2v) is 6.80. The maximum absolute atomic E-state index is 12.8. The topological polar surface area (TPSA) is 45.5 Å². The van der Waals surface area contributed by atoms with Crippen LogP contribution in [-0.2, 0) is 0 Å². The molecule has 0 bridgehead atoms. The fraction of sp³-hybridized carbons (Fsp3) is 0.250. The number of halogens is 1. The van der Waals surface area contributed by atoms with Crippen molar-refractivity contribution in [1.29, 1.82) is 0 Å². The van der Waals surface area contributed by atoms with Crippen molar-refractivity contribution in [2.24, 2.45) is 0 Å². The molecule has 0 spiro atoms. The number of nitrogens with zero attached hydrogens (tertiary/aromatic N) is 1. The highest BCUT2D eigenvalue weighted by Gasteiger charge is 2.21. The van der Waals surface area contributed by atoms with E-state index in [1.807, 2.05) is 37.3 Å². The Hall–Kier alpha value is -2.46. The fourth-order valence-electron chi connectivity index (χ4n) is 3.40. The standard InChI is InChI=1S/C20H19ClN2O2/c1-13-15-12-14(21)8-9-18(15)25-19(13)20(24)22-16-6-2-3-7-17(16)23-10-4-5-11-23/h2-3,6-9,12H,4-5,10-11H2,1H3,(H,22,24). The Balaban J connectivity index is 1.66. The van der Waals surface area contributed by atoms with Crippen LogP contribution in [0.2, 0.25) is 5.02 Å². The number of hydrogen-bond donors (Lipinski definition) is 1. The molecule has 0 radical (unpaired) electrons. The first-order valence-corrected chi connectivity index (χ1v) is 8.85. The molecule has 25 heavy (non-hydrogen) atoms. The van der Waals surface area contributed by atoms with Crippen LogP contribution in [0.4, 0.5) is 11.4 Å². The molecule has 4 nitrogen and oxygen atoms in total. The van der Waals surface area contributed by atoms with Crippen molar-refractivity contribution in [3.8, 4) is 0 Å². The van der Waals surface area contributed by atoms with Crippen LogP contribution in [0.15, 0.2) is 46.9 Å². The molecule has 1 aromatic heterocycles. The van der Waals surface area contributed by atoms with E-state index < -0.39 is 0 Å². The van der Waals surface area contributed by atoms with Crippen molar-refractivity contribution in [3.05, 3.63) is 58.8 Å². The first-order valence-electron chi connectivity index (χ1n) is 8.47. The summed E-state index contributed by atoms with van der Waals surface area (Å²) in [5, 5.41) is 4.51. The van der Waals surface area contributed by atoms with E-state index in [-0.39, 0.29) is 5.91 Å². The first kappa shape index (κ1) is 16.0. The van der Waals surface area contributed by atoms with Gasteiger partial charge in [-0.2, -0.15) is 0 Å². The molecular formula is C20H19ClN2O2. The molecule has 0 atom stereocenters. The van der Waals surface area contributed by atoms with Crippen LogP contribution in [0.5, 0.6) is 0 Å². The Morgan fingerprint density at radius 2 is 1.92 bits per heavy atom. The molecular weight excluding hydrogens is 336 g/mol. The van der Waals surface area contributed by atoms with Gasteiger partial charge in [0, 0.05) is 29.1 Å². The number of benzene rings is 2. The molecule has 1 fully saturated rings. The third-order valence-corrected chi connectivity index (χ3v) is 4.94. The maximum Gasteiger partial charge on any atom is 0.291 e. The van der Waals surface area contributed by atoms with Gasteiger partial charge in [0.2, 0.25) is 0 Å². The van der Waals surface area contributed by atoms with Crippen LogP contribution in [0, 0.1) is 6.92 Å².